The summed E-state index contributed by atoms with van der Waals surface area (Å²) in [7, 11) is 0. The van der Waals surface area contributed by atoms with E-state index in [0.717, 1.165) is 29.8 Å². The molecule has 2 amide bonds. The van der Waals surface area contributed by atoms with Gasteiger partial charge in [0.15, 0.2) is 0 Å². The Morgan fingerprint density at radius 3 is 3.04 bits per heavy atom. The number of benzene rings is 1. The lowest BCUT2D eigenvalue weighted by Gasteiger charge is -2.17. The monoisotopic (exact) mass is 366 g/mol. The second kappa shape index (κ2) is 7.55. The molecule has 142 valence electrons. The Hall–Kier alpha value is -2.63. The van der Waals surface area contributed by atoms with Crippen molar-refractivity contribution in [3.8, 4) is 0 Å². The fourth-order valence-corrected chi connectivity index (χ4v) is 4.14. The first-order valence-corrected chi connectivity index (χ1v) is 9.81. The van der Waals surface area contributed by atoms with E-state index in [1.54, 1.807) is 4.90 Å². The van der Waals surface area contributed by atoms with E-state index in [1.165, 1.54) is 24.1 Å². The summed E-state index contributed by atoms with van der Waals surface area (Å²) in [6.07, 6.45) is 5.95. The molecule has 0 spiro atoms. The first-order valence-electron chi connectivity index (χ1n) is 9.81. The number of rotatable bonds is 5. The van der Waals surface area contributed by atoms with Crippen molar-refractivity contribution in [2.24, 2.45) is 0 Å². The molecule has 1 atom stereocenters. The van der Waals surface area contributed by atoms with Crippen molar-refractivity contribution in [1.29, 1.82) is 0 Å². The van der Waals surface area contributed by atoms with Crippen LogP contribution in [0.25, 0.3) is 0 Å². The van der Waals surface area contributed by atoms with Crippen LogP contribution in [0.3, 0.4) is 0 Å². The van der Waals surface area contributed by atoms with E-state index in [4.69, 9.17) is 0 Å². The Balaban J connectivity index is 1.31. The number of amides is 2. The quantitative estimate of drug-likeness (QED) is 0.853. The average Bonchev–Trinajstić information content (AvgIpc) is 3.23. The Morgan fingerprint density at radius 1 is 1.33 bits per heavy atom. The predicted molar refractivity (Wildman–Crippen MR) is 104 cm³/mol. The van der Waals surface area contributed by atoms with Crippen molar-refractivity contribution in [3.63, 3.8) is 0 Å². The lowest BCUT2D eigenvalue weighted by Crippen LogP contribution is -2.37. The van der Waals surface area contributed by atoms with Crippen LogP contribution >= 0.6 is 0 Å². The third-order valence-corrected chi connectivity index (χ3v) is 5.53. The first-order chi connectivity index (χ1) is 13.1. The molecular formula is C21H26N4O2. The van der Waals surface area contributed by atoms with Gasteiger partial charge >= 0.3 is 0 Å². The van der Waals surface area contributed by atoms with Gasteiger partial charge in [-0.15, -0.1) is 0 Å². The van der Waals surface area contributed by atoms with Crippen molar-refractivity contribution in [1.82, 2.24) is 15.5 Å². The number of fused-ring (bicyclic) bond motifs is 1. The van der Waals surface area contributed by atoms with Gasteiger partial charge < -0.3 is 10.2 Å². The first kappa shape index (κ1) is 17.8. The summed E-state index contributed by atoms with van der Waals surface area (Å²) in [6, 6.07) is 7.78. The smallest absolute Gasteiger partial charge is 0.229 e. The maximum atomic E-state index is 12.4. The number of carbonyl (C=O) groups is 2. The van der Waals surface area contributed by atoms with Crippen molar-refractivity contribution < 1.29 is 9.59 Å². The molecule has 2 N–H and O–H groups in total. The molecule has 0 bridgehead atoms. The highest BCUT2D eigenvalue weighted by molar-refractivity contribution is 5.96. The number of nitrogens with zero attached hydrogens (tertiary/aromatic N) is 2. The molecular weight excluding hydrogens is 340 g/mol. The van der Waals surface area contributed by atoms with Gasteiger partial charge in [0, 0.05) is 37.2 Å². The second-order valence-corrected chi connectivity index (χ2v) is 7.65. The maximum absolute atomic E-state index is 12.4. The van der Waals surface area contributed by atoms with Crippen LogP contribution < -0.4 is 10.2 Å². The van der Waals surface area contributed by atoms with Gasteiger partial charge in [0.1, 0.15) is 0 Å². The number of nitrogens with one attached hydrogen (secondary N) is 2. The second-order valence-electron chi connectivity index (χ2n) is 7.65. The predicted octanol–water partition coefficient (Wildman–Crippen LogP) is 2.45. The topological polar surface area (TPSA) is 78.1 Å². The third-order valence-electron chi connectivity index (χ3n) is 5.53. The zero-order chi connectivity index (χ0) is 18.8. The number of aromatic nitrogens is 2. The van der Waals surface area contributed by atoms with E-state index in [0.29, 0.717) is 25.8 Å². The van der Waals surface area contributed by atoms with Crippen LogP contribution in [0.15, 0.2) is 24.3 Å². The molecule has 6 heteroatoms. The van der Waals surface area contributed by atoms with Crippen LogP contribution in [0.5, 0.6) is 0 Å². The number of H-pyrrole nitrogens is 1. The number of anilines is 1. The van der Waals surface area contributed by atoms with Crippen molar-refractivity contribution in [2.75, 3.05) is 11.4 Å². The SMILES string of the molecule is Cc1cccc(N2C[C@@H](NC(=O)CCc3n[nH]c4c3CCCC4)CC2=O)c1. The summed E-state index contributed by atoms with van der Waals surface area (Å²) < 4.78 is 0. The molecule has 2 aromatic rings. The zero-order valence-corrected chi connectivity index (χ0v) is 15.8. The lowest BCUT2D eigenvalue weighted by molar-refractivity contribution is -0.121. The Kier molecular flexibility index (Phi) is 4.97. The highest BCUT2D eigenvalue weighted by Crippen LogP contribution is 2.24. The minimum absolute atomic E-state index is 0.00792. The summed E-state index contributed by atoms with van der Waals surface area (Å²) >= 11 is 0. The third kappa shape index (κ3) is 3.89. The summed E-state index contributed by atoms with van der Waals surface area (Å²) in [5.41, 5.74) is 5.61. The summed E-state index contributed by atoms with van der Waals surface area (Å²) in [4.78, 5) is 26.5. The van der Waals surface area contributed by atoms with Crippen LogP contribution in [0.1, 0.15) is 48.2 Å². The molecule has 1 aromatic heterocycles. The lowest BCUT2D eigenvalue weighted by atomic mass is 9.94. The fourth-order valence-electron chi connectivity index (χ4n) is 4.14. The van der Waals surface area contributed by atoms with Crippen LogP contribution in [-0.2, 0) is 28.9 Å². The molecule has 4 rings (SSSR count). The van der Waals surface area contributed by atoms with E-state index in [-0.39, 0.29) is 17.9 Å². The van der Waals surface area contributed by atoms with Gasteiger partial charge in [0.05, 0.1) is 11.7 Å². The van der Waals surface area contributed by atoms with E-state index in [2.05, 4.69) is 15.5 Å². The fraction of sp³-hybridized carbons (Fsp3) is 0.476. The molecule has 6 nitrogen and oxygen atoms in total. The van der Waals surface area contributed by atoms with E-state index >= 15 is 0 Å². The van der Waals surface area contributed by atoms with E-state index < -0.39 is 0 Å². The average molecular weight is 366 g/mol. The molecule has 1 aromatic carbocycles. The van der Waals surface area contributed by atoms with Gasteiger partial charge in [-0.1, -0.05) is 12.1 Å². The van der Waals surface area contributed by atoms with Crippen LogP contribution in [0, 0.1) is 6.92 Å². The Labute approximate surface area is 159 Å². The molecule has 1 aliphatic heterocycles. The van der Waals surface area contributed by atoms with Gasteiger partial charge in [-0.05, 0) is 55.9 Å². The van der Waals surface area contributed by atoms with Crippen LogP contribution in [0.4, 0.5) is 5.69 Å². The molecule has 27 heavy (non-hydrogen) atoms. The minimum Gasteiger partial charge on any atom is -0.351 e. The van der Waals surface area contributed by atoms with Crippen LogP contribution in [-0.4, -0.2) is 34.6 Å². The Bertz CT molecular complexity index is 858. The standard InChI is InChI=1S/C21H26N4O2/c1-14-5-4-6-16(11-14)25-13-15(12-21(25)27)22-20(26)10-9-19-17-7-2-3-8-18(17)23-24-19/h4-6,11,15H,2-3,7-10,12-13H2,1H3,(H,22,26)(H,23,24)/t15-/m0/s1. The van der Waals surface area contributed by atoms with Crippen molar-refractivity contribution >= 4 is 17.5 Å². The highest BCUT2D eigenvalue weighted by Gasteiger charge is 2.31. The van der Waals surface area contributed by atoms with Gasteiger partial charge in [-0.2, -0.15) is 5.10 Å². The molecule has 0 saturated carbocycles. The summed E-state index contributed by atoms with van der Waals surface area (Å²) in [6.45, 7) is 2.54. The highest BCUT2D eigenvalue weighted by atomic mass is 16.2. The molecule has 0 unspecified atom stereocenters. The summed E-state index contributed by atoms with van der Waals surface area (Å²) in [5.74, 6) is 0.0544. The Morgan fingerprint density at radius 2 is 2.19 bits per heavy atom. The molecule has 2 aliphatic rings. The van der Waals surface area contributed by atoms with E-state index in [9.17, 15) is 9.59 Å². The molecule has 0 radical (unpaired) electrons. The number of carbonyl (C=O) groups excluding carboxylic acids is 2. The van der Waals surface area contributed by atoms with Crippen molar-refractivity contribution in [3.05, 3.63) is 46.8 Å². The van der Waals surface area contributed by atoms with E-state index in [1.807, 2.05) is 31.2 Å². The number of aromatic amines is 1. The number of hydrogen-bond acceptors (Lipinski definition) is 3. The molecule has 1 saturated heterocycles. The molecule has 1 fully saturated rings. The van der Waals surface area contributed by atoms with Gasteiger partial charge in [-0.3, -0.25) is 14.7 Å². The molecule has 2 heterocycles. The zero-order valence-electron chi connectivity index (χ0n) is 15.8. The number of hydrogen-bond donors (Lipinski definition) is 2. The minimum atomic E-state index is -0.126. The van der Waals surface area contributed by atoms with Gasteiger partial charge in [0.2, 0.25) is 11.8 Å². The maximum Gasteiger partial charge on any atom is 0.229 e. The largest absolute Gasteiger partial charge is 0.351 e. The number of aryl methyl sites for hydroxylation is 3. The van der Waals surface area contributed by atoms with Crippen molar-refractivity contribution in [2.45, 2.75) is 57.9 Å². The molecule has 1 aliphatic carbocycles. The van der Waals surface area contributed by atoms with Gasteiger partial charge in [0.25, 0.3) is 0 Å². The van der Waals surface area contributed by atoms with Gasteiger partial charge in [-0.25, -0.2) is 0 Å². The van der Waals surface area contributed by atoms with Crippen LogP contribution in [0.2, 0.25) is 0 Å². The summed E-state index contributed by atoms with van der Waals surface area (Å²) in [5, 5.41) is 10.6. The normalized spacial score (nSPS) is 19.2.